The van der Waals surface area contributed by atoms with Crippen LogP contribution in [0.5, 0.6) is 5.75 Å². The summed E-state index contributed by atoms with van der Waals surface area (Å²) in [6.07, 6.45) is 4.11. The van der Waals surface area contributed by atoms with Crippen LogP contribution in [-0.2, 0) is 0 Å². The Morgan fingerprint density at radius 2 is 1.89 bits per heavy atom. The highest BCUT2D eigenvalue weighted by Crippen LogP contribution is 2.28. The number of nitrogens with two attached hydrogens (primary N) is 1. The van der Waals surface area contributed by atoms with E-state index in [1.807, 2.05) is 0 Å². The summed E-state index contributed by atoms with van der Waals surface area (Å²) >= 11 is 0. The van der Waals surface area contributed by atoms with Crippen LogP contribution in [-0.4, -0.2) is 19.2 Å². The normalized spacial score (nSPS) is 11.4. The van der Waals surface area contributed by atoms with Gasteiger partial charge in [-0.2, -0.15) is 0 Å². The number of nitrogens with one attached hydrogen (secondary N) is 1. The molecule has 19 heavy (non-hydrogen) atoms. The molecular formula is C15H25FN2O. The van der Waals surface area contributed by atoms with Crippen LogP contribution < -0.4 is 15.8 Å². The first kappa shape index (κ1) is 15.8. The molecule has 0 aliphatic heterocycles. The third-order valence-electron chi connectivity index (χ3n) is 3.41. The number of rotatable bonds is 8. The van der Waals surface area contributed by atoms with Crippen molar-refractivity contribution in [1.29, 1.82) is 0 Å². The van der Waals surface area contributed by atoms with Crippen molar-refractivity contribution in [3.63, 3.8) is 0 Å². The van der Waals surface area contributed by atoms with Gasteiger partial charge in [0.1, 0.15) is 0 Å². The molecule has 0 bridgehead atoms. The second-order valence-corrected chi connectivity index (χ2v) is 4.96. The van der Waals surface area contributed by atoms with Gasteiger partial charge in [0.25, 0.3) is 0 Å². The second kappa shape index (κ2) is 7.34. The molecular weight excluding hydrogens is 243 g/mol. The third-order valence-corrected chi connectivity index (χ3v) is 3.41. The number of hydrogen-bond acceptors (Lipinski definition) is 3. The van der Waals surface area contributed by atoms with E-state index >= 15 is 0 Å². The van der Waals surface area contributed by atoms with Crippen LogP contribution >= 0.6 is 0 Å². The number of halogens is 1. The third kappa shape index (κ3) is 4.10. The zero-order valence-electron chi connectivity index (χ0n) is 12.1. The van der Waals surface area contributed by atoms with Gasteiger partial charge in [-0.15, -0.1) is 0 Å². The molecule has 0 aliphatic carbocycles. The molecule has 108 valence electrons. The fourth-order valence-corrected chi connectivity index (χ4v) is 2.51. The van der Waals surface area contributed by atoms with Crippen molar-refractivity contribution in [2.45, 2.75) is 45.1 Å². The number of hydrogen-bond donors (Lipinski definition) is 2. The van der Waals surface area contributed by atoms with Crippen LogP contribution in [0, 0.1) is 5.82 Å². The standard InChI is InChI=1S/C15H25FN2O/c1-4-8-15(11-17,9-5-2)18-12-6-7-13(16)14(10-12)19-3/h6-7,10,18H,4-5,8-9,11,17H2,1-3H3. The predicted molar refractivity (Wildman–Crippen MR) is 78.2 cm³/mol. The number of anilines is 1. The summed E-state index contributed by atoms with van der Waals surface area (Å²) in [6, 6.07) is 4.83. The lowest BCUT2D eigenvalue weighted by atomic mass is 9.88. The predicted octanol–water partition coefficient (Wildman–Crippen LogP) is 3.54. The van der Waals surface area contributed by atoms with Crippen molar-refractivity contribution in [2.24, 2.45) is 5.73 Å². The van der Waals surface area contributed by atoms with Crippen LogP contribution in [0.4, 0.5) is 10.1 Å². The first-order valence-electron chi connectivity index (χ1n) is 6.92. The highest BCUT2D eigenvalue weighted by molar-refractivity contribution is 5.50. The van der Waals surface area contributed by atoms with Gasteiger partial charge in [-0.05, 0) is 25.0 Å². The van der Waals surface area contributed by atoms with E-state index in [0.717, 1.165) is 31.4 Å². The van der Waals surface area contributed by atoms with E-state index in [9.17, 15) is 4.39 Å². The SMILES string of the molecule is CCCC(CN)(CCC)Nc1ccc(F)c(OC)c1. The highest BCUT2D eigenvalue weighted by Gasteiger charge is 2.26. The fourth-order valence-electron chi connectivity index (χ4n) is 2.51. The lowest BCUT2D eigenvalue weighted by Gasteiger charge is -2.34. The molecule has 0 spiro atoms. The van der Waals surface area contributed by atoms with Gasteiger partial charge in [0.05, 0.1) is 7.11 Å². The largest absolute Gasteiger partial charge is 0.494 e. The van der Waals surface area contributed by atoms with E-state index in [1.165, 1.54) is 13.2 Å². The molecule has 0 heterocycles. The first-order chi connectivity index (χ1) is 9.10. The molecule has 0 radical (unpaired) electrons. The summed E-state index contributed by atoms with van der Waals surface area (Å²) in [7, 11) is 1.47. The lowest BCUT2D eigenvalue weighted by Crippen LogP contribution is -2.45. The van der Waals surface area contributed by atoms with Gasteiger partial charge in [0.2, 0.25) is 0 Å². The van der Waals surface area contributed by atoms with Crippen molar-refractivity contribution in [3.05, 3.63) is 24.0 Å². The molecule has 1 aromatic carbocycles. The van der Waals surface area contributed by atoms with E-state index in [4.69, 9.17) is 10.5 Å². The van der Waals surface area contributed by atoms with Gasteiger partial charge in [0, 0.05) is 23.8 Å². The molecule has 0 aliphatic rings. The van der Waals surface area contributed by atoms with Crippen molar-refractivity contribution in [1.82, 2.24) is 0 Å². The minimum Gasteiger partial charge on any atom is -0.494 e. The molecule has 0 aromatic heterocycles. The number of methoxy groups -OCH3 is 1. The highest BCUT2D eigenvalue weighted by atomic mass is 19.1. The molecule has 3 nitrogen and oxygen atoms in total. The van der Waals surface area contributed by atoms with Gasteiger partial charge in [0.15, 0.2) is 11.6 Å². The Labute approximate surface area is 115 Å². The zero-order valence-corrected chi connectivity index (χ0v) is 12.1. The Balaban J connectivity index is 2.95. The van der Waals surface area contributed by atoms with E-state index in [1.54, 1.807) is 12.1 Å². The van der Waals surface area contributed by atoms with Crippen molar-refractivity contribution in [2.75, 3.05) is 19.0 Å². The first-order valence-corrected chi connectivity index (χ1v) is 6.92. The maximum atomic E-state index is 13.4. The summed E-state index contributed by atoms with van der Waals surface area (Å²) in [5, 5.41) is 3.47. The van der Waals surface area contributed by atoms with E-state index < -0.39 is 0 Å². The van der Waals surface area contributed by atoms with Crippen LogP contribution in [0.15, 0.2) is 18.2 Å². The fraction of sp³-hybridized carbons (Fsp3) is 0.600. The van der Waals surface area contributed by atoms with Crippen LogP contribution in [0.2, 0.25) is 0 Å². The molecule has 0 amide bonds. The molecule has 0 fully saturated rings. The lowest BCUT2D eigenvalue weighted by molar-refractivity contribution is 0.384. The van der Waals surface area contributed by atoms with Gasteiger partial charge >= 0.3 is 0 Å². The second-order valence-electron chi connectivity index (χ2n) is 4.96. The smallest absolute Gasteiger partial charge is 0.165 e. The van der Waals surface area contributed by atoms with Gasteiger partial charge in [-0.25, -0.2) is 4.39 Å². The topological polar surface area (TPSA) is 47.3 Å². The molecule has 0 atom stereocenters. The van der Waals surface area contributed by atoms with Crippen molar-refractivity contribution < 1.29 is 9.13 Å². The molecule has 0 saturated heterocycles. The van der Waals surface area contributed by atoms with Gasteiger partial charge < -0.3 is 15.8 Å². The molecule has 0 unspecified atom stereocenters. The van der Waals surface area contributed by atoms with E-state index in [0.29, 0.717) is 6.54 Å². The average molecular weight is 268 g/mol. The molecule has 0 saturated carbocycles. The Kier molecular flexibility index (Phi) is 6.09. The summed E-state index contributed by atoms with van der Waals surface area (Å²) in [5.41, 5.74) is 6.69. The molecule has 1 aromatic rings. The maximum absolute atomic E-state index is 13.4. The van der Waals surface area contributed by atoms with Crippen LogP contribution in [0.25, 0.3) is 0 Å². The summed E-state index contributed by atoms with van der Waals surface area (Å²) in [6.45, 7) is 4.86. The molecule has 4 heteroatoms. The van der Waals surface area contributed by atoms with Crippen LogP contribution in [0.3, 0.4) is 0 Å². The Hall–Kier alpha value is -1.29. The monoisotopic (exact) mass is 268 g/mol. The van der Waals surface area contributed by atoms with Gasteiger partial charge in [-0.3, -0.25) is 0 Å². The Bertz CT molecular complexity index is 390. The van der Waals surface area contributed by atoms with Crippen LogP contribution in [0.1, 0.15) is 39.5 Å². The minimum absolute atomic E-state index is 0.119. The maximum Gasteiger partial charge on any atom is 0.165 e. The summed E-state index contributed by atoms with van der Waals surface area (Å²) < 4.78 is 18.4. The molecule has 1 rings (SSSR count). The number of ether oxygens (including phenoxy) is 1. The average Bonchev–Trinajstić information content (AvgIpc) is 2.41. The Morgan fingerprint density at radius 3 is 2.37 bits per heavy atom. The van der Waals surface area contributed by atoms with Crippen molar-refractivity contribution >= 4 is 5.69 Å². The number of benzene rings is 1. The minimum atomic E-state index is -0.350. The summed E-state index contributed by atoms with van der Waals surface area (Å²) in [5.74, 6) is -0.0960. The Morgan fingerprint density at radius 1 is 1.26 bits per heavy atom. The summed E-state index contributed by atoms with van der Waals surface area (Å²) in [4.78, 5) is 0. The van der Waals surface area contributed by atoms with Gasteiger partial charge in [-0.1, -0.05) is 26.7 Å². The van der Waals surface area contributed by atoms with E-state index in [-0.39, 0.29) is 17.1 Å². The van der Waals surface area contributed by atoms with E-state index in [2.05, 4.69) is 19.2 Å². The van der Waals surface area contributed by atoms with Crippen molar-refractivity contribution in [3.8, 4) is 5.75 Å². The quantitative estimate of drug-likeness (QED) is 0.758. The molecule has 3 N–H and O–H groups in total. The zero-order chi connectivity index (χ0) is 14.3.